The minimum atomic E-state index is -0.420. The zero-order valence-corrected chi connectivity index (χ0v) is 25.9. The summed E-state index contributed by atoms with van der Waals surface area (Å²) >= 11 is 0. The van der Waals surface area contributed by atoms with Gasteiger partial charge >= 0.3 is 6.03 Å². The van der Waals surface area contributed by atoms with Gasteiger partial charge in [-0.3, -0.25) is 24.7 Å². The average molecular weight is 601 g/mol. The maximum Gasteiger partial charge on any atom is 0.328 e. The Kier molecular flexibility index (Phi) is 6.98. The zero-order chi connectivity index (χ0) is 31.5. The number of hydrogen-bond donors (Lipinski definition) is 2. The molecule has 1 aliphatic carbocycles. The van der Waals surface area contributed by atoms with Crippen molar-refractivity contribution in [3.05, 3.63) is 93.7 Å². The van der Waals surface area contributed by atoms with Gasteiger partial charge in [0.1, 0.15) is 0 Å². The highest BCUT2D eigenvalue weighted by atomic mass is 16.2. The number of rotatable bonds is 5. The smallest absolute Gasteiger partial charge is 0.328 e. The minimum Gasteiger partial charge on any atom is -0.369 e. The first-order valence-corrected chi connectivity index (χ1v) is 15.6. The van der Waals surface area contributed by atoms with E-state index >= 15 is 0 Å². The second kappa shape index (κ2) is 10.9. The number of carbonyl (C=O) groups excluding carboxylic acids is 3. The van der Waals surface area contributed by atoms with Crippen molar-refractivity contribution in [2.75, 3.05) is 42.5 Å². The monoisotopic (exact) mass is 600 g/mol. The average Bonchev–Trinajstić information content (AvgIpc) is 3.44. The van der Waals surface area contributed by atoms with Gasteiger partial charge in [-0.2, -0.15) is 5.26 Å². The first-order valence-electron chi connectivity index (χ1n) is 15.6. The lowest BCUT2D eigenvalue weighted by Gasteiger charge is -2.39. The third-order valence-electron chi connectivity index (χ3n) is 9.69. The number of nitrogens with one attached hydrogen (secondary N) is 2. The summed E-state index contributed by atoms with van der Waals surface area (Å²) in [6.07, 6.45) is 1.13. The lowest BCUT2D eigenvalue weighted by atomic mass is 9.70. The Bertz CT molecular complexity index is 1920. The lowest BCUT2D eigenvalue weighted by molar-refractivity contribution is -0.120. The molecule has 3 heterocycles. The first-order chi connectivity index (χ1) is 21.7. The molecule has 7 rings (SSSR count). The number of piperazine rings is 1. The van der Waals surface area contributed by atoms with Crippen LogP contribution >= 0.6 is 0 Å². The molecular weight excluding hydrogens is 564 g/mol. The van der Waals surface area contributed by atoms with E-state index in [1.54, 1.807) is 11.0 Å². The molecule has 0 saturated carbocycles. The van der Waals surface area contributed by atoms with Crippen molar-refractivity contribution in [2.45, 2.75) is 45.6 Å². The van der Waals surface area contributed by atoms with Crippen molar-refractivity contribution in [2.24, 2.45) is 0 Å². The van der Waals surface area contributed by atoms with Crippen LogP contribution < -0.4 is 15.1 Å². The normalized spacial score (nSPS) is 18.0. The fourth-order valence-electron chi connectivity index (χ4n) is 7.19. The molecule has 0 atom stereocenters. The van der Waals surface area contributed by atoms with Crippen molar-refractivity contribution in [1.82, 2.24) is 15.2 Å². The van der Waals surface area contributed by atoms with E-state index in [4.69, 9.17) is 0 Å². The molecule has 0 unspecified atom stereocenters. The second-order valence-corrected chi connectivity index (χ2v) is 12.8. The number of H-pyrrole nitrogens is 1. The molecule has 1 aromatic heterocycles. The van der Waals surface area contributed by atoms with Gasteiger partial charge in [0.05, 0.1) is 17.2 Å². The van der Waals surface area contributed by atoms with Crippen LogP contribution in [0, 0.1) is 11.3 Å². The molecule has 3 amide bonds. The first kappa shape index (κ1) is 28.8. The van der Waals surface area contributed by atoms with Crippen LogP contribution in [-0.2, 0) is 23.2 Å². The van der Waals surface area contributed by atoms with E-state index in [1.165, 1.54) is 11.3 Å². The van der Waals surface area contributed by atoms with E-state index in [2.05, 4.69) is 65.1 Å². The SMILES string of the molecule is CCc1cc2c(cc1N1CCN(Cc3cccc(N4CCC(=O)NC4=O)c3)CC1)C(C)(C)c1[nH]c3cc(C#N)ccc3c1C2=O. The molecule has 0 bridgehead atoms. The van der Waals surface area contributed by atoms with E-state index in [0.717, 1.165) is 78.1 Å². The van der Waals surface area contributed by atoms with Crippen LogP contribution in [0.3, 0.4) is 0 Å². The van der Waals surface area contributed by atoms with Crippen LogP contribution in [0.2, 0.25) is 0 Å². The largest absolute Gasteiger partial charge is 0.369 e. The maximum atomic E-state index is 14.0. The van der Waals surface area contributed by atoms with Gasteiger partial charge in [0, 0.05) is 84.6 Å². The highest BCUT2D eigenvalue weighted by Crippen LogP contribution is 2.46. The minimum absolute atomic E-state index is 0.0391. The zero-order valence-electron chi connectivity index (χ0n) is 25.9. The molecular formula is C36H36N6O3. The Morgan fingerprint density at radius 3 is 2.49 bits per heavy atom. The molecule has 2 fully saturated rings. The van der Waals surface area contributed by atoms with Crippen molar-refractivity contribution < 1.29 is 14.4 Å². The van der Waals surface area contributed by atoms with Crippen molar-refractivity contribution in [1.29, 1.82) is 5.26 Å². The third kappa shape index (κ3) is 4.86. The number of aromatic nitrogens is 1. The number of urea groups is 1. The van der Waals surface area contributed by atoms with Crippen LogP contribution in [0.15, 0.2) is 54.6 Å². The number of anilines is 2. The Morgan fingerprint density at radius 2 is 1.76 bits per heavy atom. The topological polar surface area (TPSA) is 113 Å². The number of ketones is 1. The van der Waals surface area contributed by atoms with Gasteiger partial charge in [0.15, 0.2) is 5.78 Å². The molecule has 9 nitrogen and oxygen atoms in total. The fourth-order valence-corrected chi connectivity index (χ4v) is 7.19. The van der Waals surface area contributed by atoms with Crippen LogP contribution in [0.25, 0.3) is 10.9 Å². The molecule has 0 radical (unpaired) electrons. The number of aryl methyl sites for hydroxylation is 1. The van der Waals surface area contributed by atoms with Gasteiger partial charge < -0.3 is 9.88 Å². The molecule has 228 valence electrons. The number of amides is 3. The Balaban J connectivity index is 1.11. The number of nitrogens with zero attached hydrogens (tertiary/aromatic N) is 4. The number of benzene rings is 3. The second-order valence-electron chi connectivity index (χ2n) is 12.8. The Hall–Kier alpha value is -4.94. The van der Waals surface area contributed by atoms with Crippen LogP contribution in [0.5, 0.6) is 0 Å². The quantitative estimate of drug-likeness (QED) is 0.324. The molecule has 9 heteroatoms. The van der Waals surface area contributed by atoms with Crippen LogP contribution in [-0.4, -0.2) is 60.3 Å². The van der Waals surface area contributed by atoms with Gasteiger partial charge in [-0.15, -0.1) is 0 Å². The summed E-state index contributed by atoms with van der Waals surface area (Å²) in [4.78, 5) is 47.9. The molecule has 3 aromatic carbocycles. The standard InChI is InChI=1S/C36H36N6O3/c1-4-24-18-27-28(36(2,3)34-32(33(27)44)26-9-8-22(20-37)17-29(26)38-34)19-30(24)41-14-12-40(13-15-41)21-23-6-5-7-25(16-23)42-11-10-31(43)39-35(42)45/h5-9,16-19,38H,4,10-15,21H2,1-3H3,(H,39,43,45). The van der Waals surface area contributed by atoms with Gasteiger partial charge in [-0.25, -0.2) is 4.79 Å². The highest BCUT2D eigenvalue weighted by Gasteiger charge is 2.40. The number of hydrogen-bond acceptors (Lipinski definition) is 6. The number of aromatic amines is 1. The molecule has 2 saturated heterocycles. The van der Waals surface area contributed by atoms with E-state index in [-0.39, 0.29) is 17.7 Å². The van der Waals surface area contributed by atoms with Crippen LogP contribution in [0.4, 0.5) is 16.2 Å². The summed E-state index contributed by atoms with van der Waals surface area (Å²) < 4.78 is 0. The number of fused-ring (bicyclic) bond motifs is 4. The molecule has 0 spiro atoms. The van der Waals surface area contributed by atoms with E-state index in [9.17, 15) is 19.6 Å². The van der Waals surface area contributed by atoms with Crippen molar-refractivity contribution >= 4 is 40.0 Å². The predicted molar refractivity (Wildman–Crippen MR) is 174 cm³/mol. The molecule has 2 aliphatic heterocycles. The highest BCUT2D eigenvalue weighted by molar-refractivity contribution is 6.20. The summed E-state index contributed by atoms with van der Waals surface area (Å²) in [6.45, 7) is 11.2. The summed E-state index contributed by atoms with van der Waals surface area (Å²) in [5, 5.41) is 12.7. The van der Waals surface area contributed by atoms with E-state index in [1.807, 2.05) is 30.3 Å². The third-order valence-corrected chi connectivity index (χ3v) is 9.69. The summed E-state index contributed by atoms with van der Waals surface area (Å²) in [5.74, 6) is -0.194. The maximum absolute atomic E-state index is 14.0. The number of nitriles is 1. The van der Waals surface area contributed by atoms with Gasteiger partial charge in [0.2, 0.25) is 5.91 Å². The van der Waals surface area contributed by atoms with E-state index < -0.39 is 5.41 Å². The molecule has 45 heavy (non-hydrogen) atoms. The number of carbonyl (C=O) groups is 3. The summed E-state index contributed by atoms with van der Waals surface area (Å²) in [5.41, 5.74) is 8.68. The van der Waals surface area contributed by atoms with Crippen molar-refractivity contribution in [3.63, 3.8) is 0 Å². The van der Waals surface area contributed by atoms with Crippen LogP contribution in [0.1, 0.15) is 71.1 Å². The Morgan fingerprint density at radius 1 is 0.956 bits per heavy atom. The molecule has 4 aromatic rings. The molecule has 3 aliphatic rings. The summed E-state index contributed by atoms with van der Waals surface area (Å²) in [6, 6.07) is 19.7. The Labute approximate surface area is 262 Å². The number of imide groups is 1. The predicted octanol–water partition coefficient (Wildman–Crippen LogP) is 5.24. The van der Waals surface area contributed by atoms with E-state index in [0.29, 0.717) is 24.1 Å². The van der Waals surface area contributed by atoms with Gasteiger partial charge in [0.25, 0.3) is 0 Å². The van der Waals surface area contributed by atoms with Gasteiger partial charge in [-0.1, -0.05) is 39.0 Å². The lowest BCUT2D eigenvalue weighted by Crippen LogP contribution is -2.49. The van der Waals surface area contributed by atoms with Crippen molar-refractivity contribution in [3.8, 4) is 6.07 Å². The molecule has 2 N–H and O–H groups in total. The summed E-state index contributed by atoms with van der Waals surface area (Å²) in [7, 11) is 0. The van der Waals surface area contributed by atoms with Gasteiger partial charge in [-0.05, 0) is 59.5 Å². The fraction of sp³-hybridized carbons (Fsp3) is 0.333.